The third-order valence-corrected chi connectivity index (χ3v) is 4.61. The molecule has 3 amide bonds. The summed E-state index contributed by atoms with van der Waals surface area (Å²) in [7, 11) is 1.55. The Labute approximate surface area is 155 Å². The number of benzene rings is 1. The lowest BCUT2D eigenvalue weighted by molar-refractivity contribution is 0.0674. The Bertz CT molecular complexity index is 803. The van der Waals surface area contributed by atoms with E-state index in [2.05, 4.69) is 5.32 Å². The molecule has 2 aromatic rings. The first-order chi connectivity index (χ1) is 12.9. The number of nitrogens with one attached hydrogen (secondary N) is 1. The van der Waals surface area contributed by atoms with E-state index in [1.807, 2.05) is 0 Å². The molecule has 3 rings (SSSR count). The summed E-state index contributed by atoms with van der Waals surface area (Å²) >= 11 is 0. The molecule has 1 aliphatic heterocycles. The molecular formula is C19H21F2N3O3. The highest BCUT2D eigenvalue weighted by Gasteiger charge is 2.26. The molecule has 144 valence electrons. The van der Waals surface area contributed by atoms with Gasteiger partial charge in [-0.1, -0.05) is 6.07 Å². The Balaban J connectivity index is 1.48. The Morgan fingerprint density at radius 1 is 1.26 bits per heavy atom. The lowest BCUT2D eigenvalue weighted by Crippen LogP contribution is -2.49. The smallest absolute Gasteiger partial charge is 0.317 e. The van der Waals surface area contributed by atoms with Gasteiger partial charge in [0.2, 0.25) is 0 Å². The number of piperidine rings is 1. The summed E-state index contributed by atoms with van der Waals surface area (Å²) in [5.74, 6) is -1.19. The Morgan fingerprint density at radius 3 is 2.63 bits per heavy atom. The Hall–Kier alpha value is -2.90. The number of hydrogen-bond acceptors (Lipinski definition) is 3. The van der Waals surface area contributed by atoms with E-state index < -0.39 is 11.6 Å². The molecular weight excluding hydrogens is 356 g/mol. The van der Waals surface area contributed by atoms with Gasteiger partial charge in [0.25, 0.3) is 5.91 Å². The highest BCUT2D eigenvalue weighted by molar-refractivity contribution is 5.91. The van der Waals surface area contributed by atoms with Crippen LogP contribution in [0.1, 0.15) is 29.0 Å². The van der Waals surface area contributed by atoms with Gasteiger partial charge in [-0.25, -0.2) is 13.6 Å². The van der Waals surface area contributed by atoms with E-state index in [4.69, 9.17) is 4.42 Å². The van der Waals surface area contributed by atoms with Gasteiger partial charge in [0, 0.05) is 44.4 Å². The van der Waals surface area contributed by atoms with Gasteiger partial charge in [0.1, 0.15) is 11.6 Å². The maximum Gasteiger partial charge on any atom is 0.317 e. The zero-order chi connectivity index (χ0) is 19.4. The van der Waals surface area contributed by atoms with Crippen molar-refractivity contribution in [2.24, 2.45) is 0 Å². The number of furan rings is 1. The number of urea groups is 1. The van der Waals surface area contributed by atoms with E-state index in [-0.39, 0.29) is 30.1 Å². The van der Waals surface area contributed by atoms with Crippen molar-refractivity contribution in [3.8, 4) is 0 Å². The number of carbonyl (C=O) groups excluding carboxylic acids is 2. The van der Waals surface area contributed by atoms with Crippen molar-refractivity contribution in [2.45, 2.75) is 25.4 Å². The Morgan fingerprint density at radius 2 is 2.00 bits per heavy atom. The molecule has 1 saturated heterocycles. The SMILES string of the molecule is CN(Cc1ccc(F)cc1F)C(=O)NC1CCN(C(=O)c2ccco2)CC1. The number of carbonyl (C=O) groups is 2. The summed E-state index contributed by atoms with van der Waals surface area (Å²) in [6, 6.07) is 6.17. The second-order valence-corrected chi connectivity index (χ2v) is 6.59. The van der Waals surface area contributed by atoms with Crippen molar-refractivity contribution in [1.82, 2.24) is 15.1 Å². The standard InChI is InChI=1S/C19H21F2N3O3/c1-23(12-13-4-5-14(20)11-16(13)21)19(26)22-15-6-8-24(9-7-15)18(25)17-3-2-10-27-17/h2-5,10-11,15H,6-9,12H2,1H3,(H,22,26). The molecule has 0 saturated carbocycles. The highest BCUT2D eigenvalue weighted by Crippen LogP contribution is 2.15. The number of likely N-dealkylation sites (tertiary alicyclic amines) is 1. The van der Waals surface area contributed by atoms with Gasteiger partial charge in [0.15, 0.2) is 5.76 Å². The summed E-state index contributed by atoms with van der Waals surface area (Å²) in [4.78, 5) is 27.6. The quantitative estimate of drug-likeness (QED) is 0.891. The van der Waals surface area contributed by atoms with E-state index >= 15 is 0 Å². The van der Waals surface area contributed by atoms with Crippen LogP contribution in [0.25, 0.3) is 0 Å². The van der Waals surface area contributed by atoms with Crippen molar-refractivity contribution >= 4 is 11.9 Å². The molecule has 27 heavy (non-hydrogen) atoms. The van der Waals surface area contributed by atoms with Gasteiger partial charge in [-0.05, 0) is 31.0 Å². The van der Waals surface area contributed by atoms with Crippen LogP contribution >= 0.6 is 0 Å². The first kappa shape index (κ1) is 18.9. The minimum atomic E-state index is -0.681. The number of amides is 3. The zero-order valence-electron chi connectivity index (χ0n) is 15.0. The van der Waals surface area contributed by atoms with Crippen molar-refractivity contribution in [3.05, 3.63) is 59.6 Å². The van der Waals surface area contributed by atoms with E-state index in [0.29, 0.717) is 31.7 Å². The van der Waals surface area contributed by atoms with Crippen LogP contribution in [-0.2, 0) is 6.54 Å². The molecule has 1 aliphatic rings. The fourth-order valence-corrected chi connectivity index (χ4v) is 3.05. The molecule has 1 fully saturated rings. The van der Waals surface area contributed by atoms with Crippen molar-refractivity contribution in [2.75, 3.05) is 20.1 Å². The van der Waals surface area contributed by atoms with Crippen LogP contribution < -0.4 is 5.32 Å². The van der Waals surface area contributed by atoms with E-state index in [9.17, 15) is 18.4 Å². The van der Waals surface area contributed by atoms with Gasteiger partial charge >= 0.3 is 6.03 Å². The summed E-state index contributed by atoms with van der Waals surface area (Å²) < 4.78 is 31.8. The molecule has 8 heteroatoms. The van der Waals surface area contributed by atoms with Gasteiger partial charge in [-0.3, -0.25) is 4.79 Å². The topological polar surface area (TPSA) is 65.8 Å². The lowest BCUT2D eigenvalue weighted by Gasteiger charge is -2.32. The summed E-state index contributed by atoms with van der Waals surface area (Å²) in [6.07, 6.45) is 2.70. The molecule has 0 aliphatic carbocycles. The van der Waals surface area contributed by atoms with Crippen LogP contribution in [0.5, 0.6) is 0 Å². The molecule has 6 nitrogen and oxygen atoms in total. The molecule has 0 unspecified atom stereocenters. The van der Waals surface area contributed by atoms with Crippen LogP contribution in [0.3, 0.4) is 0 Å². The minimum Gasteiger partial charge on any atom is -0.459 e. The normalized spacial score (nSPS) is 14.9. The second-order valence-electron chi connectivity index (χ2n) is 6.59. The molecule has 0 radical (unpaired) electrons. The monoisotopic (exact) mass is 377 g/mol. The predicted molar refractivity (Wildman–Crippen MR) is 94.0 cm³/mol. The summed E-state index contributed by atoms with van der Waals surface area (Å²) in [5, 5.41) is 2.89. The van der Waals surface area contributed by atoms with Gasteiger partial charge < -0.3 is 19.5 Å². The van der Waals surface area contributed by atoms with Crippen LogP contribution in [0, 0.1) is 11.6 Å². The number of halogens is 2. The maximum absolute atomic E-state index is 13.7. The molecule has 0 atom stereocenters. The van der Waals surface area contributed by atoms with E-state index in [0.717, 1.165) is 12.1 Å². The molecule has 2 heterocycles. The molecule has 0 bridgehead atoms. The minimum absolute atomic E-state index is 0.0355. The van der Waals surface area contributed by atoms with E-state index in [1.54, 1.807) is 24.1 Å². The largest absolute Gasteiger partial charge is 0.459 e. The first-order valence-electron chi connectivity index (χ1n) is 8.72. The maximum atomic E-state index is 13.7. The fourth-order valence-electron chi connectivity index (χ4n) is 3.05. The fraction of sp³-hybridized carbons (Fsp3) is 0.368. The first-order valence-corrected chi connectivity index (χ1v) is 8.72. The lowest BCUT2D eigenvalue weighted by atomic mass is 10.0. The van der Waals surface area contributed by atoms with Gasteiger partial charge in [-0.2, -0.15) is 0 Å². The third kappa shape index (κ3) is 4.64. The van der Waals surface area contributed by atoms with Crippen molar-refractivity contribution < 1.29 is 22.8 Å². The third-order valence-electron chi connectivity index (χ3n) is 4.61. The van der Waals surface area contributed by atoms with Crippen molar-refractivity contribution in [1.29, 1.82) is 0 Å². The number of hydrogen-bond donors (Lipinski definition) is 1. The van der Waals surface area contributed by atoms with E-state index in [1.165, 1.54) is 17.2 Å². The highest BCUT2D eigenvalue weighted by atomic mass is 19.1. The zero-order valence-corrected chi connectivity index (χ0v) is 15.0. The Kier molecular flexibility index (Phi) is 5.73. The number of rotatable bonds is 4. The average Bonchev–Trinajstić information content (AvgIpc) is 3.18. The van der Waals surface area contributed by atoms with Crippen molar-refractivity contribution in [3.63, 3.8) is 0 Å². The molecule has 1 aromatic carbocycles. The number of nitrogens with zero attached hydrogens (tertiary/aromatic N) is 2. The summed E-state index contributed by atoms with van der Waals surface area (Å²) in [5.41, 5.74) is 0.243. The van der Waals surface area contributed by atoms with Crippen LogP contribution in [0.4, 0.5) is 13.6 Å². The summed E-state index contributed by atoms with van der Waals surface area (Å²) in [6.45, 7) is 1.06. The average molecular weight is 377 g/mol. The predicted octanol–water partition coefficient (Wildman–Crippen LogP) is 3.00. The molecule has 1 aromatic heterocycles. The second kappa shape index (κ2) is 8.20. The molecule has 0 spiro atoms. The van der Waals surface area contributed by atoms with Crippen LogP contribution in [-0.4, -0.2) is 47.9 Å². The van der Waals surface area contributed by atoms with Gasteiger partial charge in [-0.15, -0.1) is 0 Å². The van der Waals surface area contributed by atoms with Crippen LogP contribution in [0.2, 0.25) is 0 Å². The van der Waals surface area contributed by atoms with Gasteiger partial charge in [0.05, 0.1) is 6.26 Å². The van der Waals surface area contributed by atoms with Crippen LogP contribution in [0.15, 0.2) is 41.0 Å². The molecule has 1 N–H and O–H groups in total.